The van der Waals surface area contributed by atoms with Crippen molar-refractivity contribution < 1.29 is 23.4 Å². The molecule has 0 saturated carbocycles. The fraction of sp³-hybridized carbons (Fsp3) is 0.533. The topological polar surface area (TPSA) is 110 Å². The van der Waals surface area contributed by atoms with Crippen molar-refractivity contribution in [3.8, 4) is 11.5 Å². The van der Waals surface area contributed by atoms with Crippen molar-refractivity contribution >= 4 is 21.6 Å². The number of likely N-dealkylation sites (N-methyl/N-ethyl adjacent to an activating group) is 1. The number of nitrogens with zero attached hydrogens (tertiary/aromatic N) is 2. The highest BCUT2D eigenvalue weighted by atomic mass is 32.2. The van der Waals surface area contributed by atoms with Crippen LogP contribution in [-0.2, 0) is 9.84 Å². The summed E-state index contributed by atoms with van der Waals surface area (Å²) in [5.41, 5.74) is 0.244. The number of anilines is 1. The Kier molecular flexibility index (Phi) is 5.55. The minimum Gasteiger partial charge on any atom is -0.508 e. The molecule has 1 aromatic rings. The minimum atomic E-state index is -3.11. The van der Waals surface area contributed by atoms with Crippen LogP contribution < -0.4 is 5.32 Å². The maximum Gasteiger partial charge on any atom is 0.322 e. The number of aromatic hydroxyl groups is 2. The number of benzene rings is 1. The lowest BCUT2D eigenvalue weighted by Gasteiger charge is -2.29. The summed E-state index contributed by atoms with van der Waals surface area (Å²) in [5, 5.41) is 21.6. The molecule has 8 nitrogen and oxygen atoms in total. The van der Waals surface area contributed by atoms with E-state index < -0.39 is 15.9 Å². The molecule has 0 aromatic heterocycles. The zero-order chi connectivity index (χ0) is 17.9. The number of carbonyl (C=O) groups excluding carboxylic acids is 1. The highest BCUT2D eigenvalue weighted by molar-refractivity contribution is 7.91. The zero-order valence-corrected chi connectivity index (χ0v) is 14.6. The van der Waals surface area contributed by atoms with Crippen LogP contribution in [-0.4, -0.2) is 79.2 Å². The van der Waals surface area contributed by atoms with Gasteiger partial charge in [0.1, 0.15) is 11.5 Å². The number of nitrogens with one attached hydrogen (secondary N) is 1. The van der Waals surface area contributed by atoms with Crippen molar-refractivity contribution in [2.75, 3.05) is 44.0 Å². The predicted octanol–water partition coefficient (Wildman–Crippen LogP) is 0.680. The first-order valence-electron chi connectivity index (χ1n) is 7.62. The number of carbonyl (C=O) groups is 1. The standard InChI is InChI=1S/C15H23N3O5S/c1-17(2)4-5-18(12-3-6-24(22,23)10-12)15(21)16-11-7-13(19)9-14(20)8-11/h7-9,12,19-20H,3-6,10H2,1-2H3,(H,16,21). The van der Waals surface area contributed by atoms with E-state index >= 15 is 0 Å². The van der Waals surface area contributed by atoms with E-state index in [0.29, 0.717) is 19.5 Å². The molecule has 1 aliphatic rings. The van der Waals surface area contributed by atoms with Gasteiger partial charge in [-0.15, -0.1) is 0 Å². The summed E-state index contributed by atoms with van der Waals surface area (Å²) in [5.74, 6) is -0.308. The maximum atomic E-state index is 12.6. The van der Waals surface area contributed by atoms with E-state index in [1.165, 1.54) is 17.0 Å². The number of hydrogen-bond donors (Lipinski definition) is 3. The van der Waals surface area contributed by atoms with E-state index in [1.54, 1.807) is 0 Å². The number of hydrogen-bond acceptors (Lipinski definition) is 6. The molecule has 2 amide bonds. The third-order valence-electron chi connectivity index (χ3n) is 3.85. The maximum absolute atomic E-state index is 12.6. The summed E-state index contributed by atoms with van der Waals surface area (Å²) in [6.45, 7) is 0.971. The van der Waals surface area contributed by atoms with Crippen LogP contribution in [0.25, 0.3) is 0 Å². The molecule has 0 bridgehead atoms. The first-order valence-corrected chi connectivity index (χ1v) is 9.44. The van der Waals surface area contributed by atoms with Gasteiger partial charge in [-0.3, -0.25) is 0 Å². The second-order valence-corrected chi connectivity index (χ2v) is 8.45. The van der Waals surface area contributed by atoms with Gasteiger partial charge in [-0.25, -0.2) is 13.2 Å². The van der Waals surface area contributed by atoms with Crippen molar-refractivity contribution in [3.05, 3.63) is 18.2 Å². The third-order valence-corrected chi connectivity index (χ3v) is 5.60. The molecule has 1 saturated heterocycles. The quantitative estimate of drug-likeness (QED) is 0.715. The van der Waals surface area contributed by atoms with Gasteiger partial charge in [0.15, 0.2) is 9.84 Å². The van der Waals surface area contributed by atoms with Gasteiger partial charge in [-0.1, -0.05) is 0 Å². The fourth-order valence-corrected chi connectivity index (χ4v) is 4.37. The largest absolute Gasteiger partial charge is 0.508 e. The third kappa shape index (κ3) is 5.00. The van der Waals surface area contributed by atoms with Gasteiger partial charge in [0.05, 0.1) is 11.5 Å². The predicted molar refractivity (Wildman–Crippen MR) is 91.1 cm³/mol. The van der Waals surface area contributed by atoms with Gasteiger partial charge in [-0.2, -0.15) is 0 Å². The Labute approximate surface area is 141 Å². The summed E-state index contributed by atoms with van der Waals surface area (Å²) in [6.07, 6.45) is 0.411. The molecule has 0 aliphatic carbocycles. The first kappa shape index (κ1) is 18.3. The van der Waals surface area contributed by atoms with Crippen molar-refractivity contribution in [1.29, 1.82) is 0 Å². The van der Waals surface area contributed by atoms with Crippen LogP contribution in [0.2, 0.25) is 0 Å². The monoisotopic (exact) mass is 357 g/mol. The van der Waals surface area contributed by atoms with Crippen molar-refractivity contribution in [1.82, 2.24) is 9.80 Å². The van der Waals surface area contributed by atoms with Gasteiger partial charge in [0.2, 0.25) is 0 Å². The van der Waals surface area contributed by atoms with E-state index in [9.17, 15) is 23.4 Å². The van der Waals surface area contributed by atoms with E-state index in [0.717, 1.165) is 6.07 Å². The molecule has 1 aromatic carbocycles. The molecule has 3 N–H and O–H groups in total. The smallest absolute Gasteiger partial charge is 0.322 e. The van der Waals surface area contributed by atoms with Gasteiger partial charge in [0.25, 0.3) is 0 Å². The average Bonchev–Trinajstić information content (AvgIpc) is 2.77. The Morgan fingerprint density at radius 3 is 2.33 bits per heavy atom. The molecule has 0 spiro atoms. The molecular formula is C15H23N3O5S. The Bertz CT molecular complexity index is 685. The minimum absolute atomic E-state index is 0.0425. The summed E-state index contributed by atoms with van der Waals surface area (Å²) in [4.78, 5) is 16.0. The van der Waals surface area contributed by atoms with Crippen LogP contribution in [0.3, 0.4) is 0 Å². The van der Waals surface area contributed by atoms with Crippen molar-refractivity contribution in [2.45, 2.75) is 12.5 Å². The molecule has 24 heavy (non-hydrogen) atoms. The molecular weight excluding hydrogens is 334 g/mol. The van der Waals surface area contributed by atoms with Gasteiger partial charge in [-0.05, 0) is 20.5 Å². The normalized spacial score (nSPS) is 19.4. The Balaban J connectivity index is 2.14. The average molecular weight is 357 g/mol. The highest BCUT2D eigenvalue weighted by Crippen LogP contribution is 2.25. The Morgan fingerprint density at radius 1 is 1.21 bits per heavy atom. The van der Waals surface area contributed by atoms with Crippen LogP contribution in [0, 0.1) is 0 Å². The summed E-state index contributed by atoms with van der Waals surface area (Å²) < 4.78 is 23.4. The van der Waals surface area contributed by atoms with Gasteiger partial charge < -0.3 is 25.3 Å². The molecule has 1 aliphatic heterocycles. The van der Waals surface area contributed by atoms with Crippen LogP contribution in [0.1, 0.15) is 6.42 Å². The van der Waals surface area contributed by atoms with Crippen molar-refractivity contribution in [3.63, 3.8) is 0 Å². The van der Waals surface area contributed by atoms with Crippen molar-refractivity contribution in [2.24, 2.45) is 0 Å². The number of sulfone groups is 1. The van der Waals surface area contributed by atoms with Crippen LogP contribution >= 0.6 is 0 Å². The molecule has 1 atom stereocenters. The first-order chi connectivity index (χ1) is 11.2. The van der Waals surface area contributed by atoms with Crippen LogP contribution in [0.4, 0.5) is 10.5 Å². The fourth-order valence-electron chi connectivity index (χ4n) is 2.64. The molecule has 2 rings (SSSR count). The van der Waals surface area contributed by atoms with E-state index in [-0.39, 0.29) is 34.7 Å². The molecule has 9 heteroatoms. The van der Waals surface area contributed by atoms with Crippen LogP contribution in [0.15, 0.2) is 18.2 Å². The SMILES string of the molecule is CN(C)CCN(C(=O)Nc1cc(O)cc(O)c1)C1CCS(=O)(=O)C1. The number of amides is 2. The number of rotatable bonds is 5. The summed E-state index contributed by atoms with van der Waals surface area (Å²) >= 11 is 0. The lowest BCUT2D eigenvalue weighted by molar-refractivity contribution is 0.186. The molecule has 1 unspecified atom stereocenters. The van der Waals surface area contributed by atoms with Gasteiger partial charge >= 0.3 is 6.03 Å². The zero-order valence-electron chi connectivity index (χ0n) is 13.8. The summed E-state index contributed by atoms with van der Waals surface area (Å²) in [7, 11) is 0.625. The van der Waals surface area contributed by atoms with E-state index in [4.69, 9.17) is 0 Å². The highest BCUT2D eigenvalue weighted by Gasteiger charge is 2.34. The summed E-state index contributed by atoms with van der Waals surface area (Å²) in [6, 6.07) is 2.95. The number of phenols is 2. The lowest BCUT2D eigenvalue weighted by atomic mass is 10.2. The van der Waals surface area contributed by atoms with E-state index in [2.05, 4.69) is 5.32 Å². The lowest BCUT2D eigenvalue weighted by Crippen LogP contribution is -2.46. The second-order valence-electron chi connectivity index (χ2n) is 6.22. The molecule has 1 fully saturated rings. The molecule has 1 heterocycles. The number of urea groups is 1. The number of phenolic OH excluding ortho intramolecular Hbond substituents is 2. The van der Waals surface area contributed by atoms with E-state index in [1.807, 2.05) is 19.0 Å². The van der Waals surface area contributed by atoms with Gasteiger partial charge in [0, 0.05) is 43.0 Å². The van der Waals surface area contributed by atoms with Crippen LogP contribution in [0.5, 0.6) is 11.5 Å². The Hall–Kier alpha value is -2.00. The Morgan fingerprint density at radius 2 is 1.83 bits per heavy atom. The second kappa shape index (κ2) is 7.27. The molecule has 0 radical (unpaired) electrons. The molecule has 134 valence electrons.